The largest absolute Gasteiger partial charge is 0.294 e. The molecule has 1 heterocycles. The summed E-state index contributed by atoms with van der Waals surface area (Å²) < 4.78 is 25.8. The Hall–Kier alpha value is -2.11. The first-order chi connectivity index (χ1) is 7.66. The number of nitrogens with one attached hydrogen (secondary N) is 1. The highest BCUT2D eigenvalue weighted by molar-refractivity contribution is 5.97. The van der Waals surface area contributed by atoms with E-state index in [4.69, 9.17) is 0 Å². The molecule has 82 valence electrons. The first-order valence-corrected chi connectivity index (χ1v) is 4.49. The fourth-order valence-corrected chi connectivity index (χ4v) is 1.28. The Morgan fingerprint density at radius 1 is 1.38 bits per heavy atom. The number of aromatic amines is 1. The quantitative estimate of drug-likeness (QED) is 0.802. The number of carbonyl (C=O) groups excluding carboxylic acids is 1. The maximum atomic E-state index is 13.2. The Morgan fingerprint density at radius 3 is 2.81 bits per heavy atom. The zero-order chi connectivity index (χ0) is 11.5. The fourth-order valence-electron chi connectivity index (χ4n) is 1.28. The van der Waals surface area contributed by atoms with Gasteiger partial charge in [-0.1, -0.05) is 0 Å². The number of halogens is 2. The normalized spacial score (nSPS) is 10.4. The van der Waals surface area contributed by atoms with E-state index in [1.54, 1.807) is 0 Å². The maximum Gasteiger partial charge on any atom is 0.173 e. The lowest BCUT2D eigenvalue weighted by atomic mass is 10.1. The first kappa shape index (κ1) is 10.4. The predicted molar refractivity (Wildman–Crippen MR) is 50.8 cm³/mol. The summed E-state index contributed by atoms with van der Waals surface area (Å²) in [5.74, 6) is -1.81. The lowest BCUT2D eigenvalue weighted by Crippen LogP contribution is -2.07. The van der Waals surface area contributed by atoms with E-state index in [2.05, 4.69) is 15.2 Å². The molecular formula is C10H7F2N3O. The van der Waals surface area contributed by atoms with Crippen molar-refractivity contribution in [2.24, 2.45) is 0 Å². The smallest absolute Gasteiger partial charge is 0.173 e. The van der Waals surface area contributed by atoms with Crippen LogP contribution in [0.4, 0.5) is 8.78 Å². The second-order valence-electron chi connectivity index (χ2n) is 3.14. The van der Waals surface area contributed by atoms with Crippen molar-refractivity contribution in [3.63, 3.8) is 0 Å². The van der Waals surface area contributed by atoms with Gasteiger partial charge in [0.2, 0.25) is 0 Å². The third-order valence-electron chi connectivity index (χ3n) is 2.02. The van der Waals surface area contributed by atoms with Crippen molar-refractivity contribution < 1.29 is 13.6 Å². The Kier molecular flexibility index (Phi) is 2.72. The van der Waals surface area contributed by atoms with Gasteiger partial charge in [-0.15, -0.1) is 0 Å². The highest BCUT2D eigenvalue weighted by Crippen LogP contribution is 2.11. The SMILES string of the molecule is O=C(Cc1nc[nH]n1)c1ccc(F)cc1F. The summed E-state index contributed by atoms with van der Waals surface area (Å²) in [4.78, 5) is 15.3. The number of hydrogen-bond donors (Lipinski definition) is 1. The Morgan fingerprint density at radius 2 is 2.19 bits per heavy atom. The van der Waals surface area contributed by atoms with Gasteiger partial charge in [-0.25, -0.2) is 13.8 Å². The highest BCUT2D eigenvalue weighted by Gasteiger charge is 2.14. The van der Waals surface area contributed by atoms with E-state index in [0.717, 1.165) is 12.1 Å². The van der Waals surface area contributed by atoms with Crippen LogP contribution in [-0.4, -0.2) is 21.0 Å². The molecule has 1 aromatic carbocycles. The van der Waals surface area contributed by atoms with Crippen molar-refractivity contribution in [3.05, 3.63) is 47.5 Å². The number of hydrogen-bond acceptors (Lipinski definition) is 3. The zero-order valence-corrected chi connectivity index (χ0v) is 8.08. The van der Waals surface area contributed by atoms with Crippen LogP contribution < -0.4 is 0 Å². The topological polar surface area (TPSA) is 58.6 Å². The number of H-pyrrole nitrogens is 1. The molecule has 0 saturated heterocycles. The van der Waals surface area contributed by atoms with E-state index in [1.165, 1.54) is 6.33 Å². The summed E-state index contributed by atoms with van der Waals surface area (Å²) in [6, 6.07) is 2.82. The molecule has 4 nitrogen and oxygen atoms in total. The molecule has 0 atom stereocenters. The average Bonchev–Trinajstić information content (AvgIpc) is 2.70. The molecule has 0 fully saturated rings. The lowest BCUT2D eigenvalue weighted by molar-refractivity contribution is 0.0987. The Bertz CT molecular complexity index is 511. The van der Waals surface area contributed by atoms with Crippen LogP contribution in [0.25, 0.3) is 0 Å². The molecule has 2 rings (SSSR count). The van der Waals surface area contributed by atoms with Crippen LogP contribution in [-0.2, 0) is 6.42 Å². The Balaban J connectivity index is 2.21. The second-order valence-corrected chi connectivity index (χ2v) is 3.14. The molecule has 1 aromatic heterocycles. The minimum Gasteiger partial charge on any atom is -0.294 e. The van der Waals surface area contributed by atoms with Crippen molar-refractivity contribution in [1.82, 2.24) is 15.2 Å². The summed E-state index contributed by atoms with van der Waals surface area (Å²) in [6.45, 7) is 0. The van der Waals surface area contributed by atoms with E-state index in [9.17, 15) is 13.6 Å². The van der Waals surface area contributed by atoms with Gasteiger partial charge in [-0.3, -0.25) is 9.89 Å². The van der Waals surface area contributed by atoms with Gasteiger partial charge in [0.15, 0.2) is 11.6 Å². The molecule has 0 spiro atoms. The molecular weight excluding hydrogens is 216 g/mol. The number of rotatable bonds is 3. The number of carbonyl (C=O) groups is 1. The van der Waals surface area contributed by atoms with Gasteiger partial charge in [-0.05, 0) is 12.1 Å². The summed E-state index contributed by atoms with van der Waals surface area (Å²) in [6.07, 6.45) is 1.20. The average molecular weight is 223 g/mol. The number of nitrogens with zero attached hydrogens (tertiary/aromatic N) is 2. The van der Waals surface area contributed by atoms with E-state index in [-0.39, 0.29) is 17.8 Å². The fraction of sp³-hybridized carbons (Fsp3) is 0.100. The molecule has 0 aliphatic carbocycles. The summed E-state index contributed by atoms with van der Waals surface area (Å²) in [7, 11) is 0. The molecule has 0 aliphatic heterocycles. The number of ketones is 1. The predicted octanol–water partition coefficient (Wildman–Crippen LogP) is 1.51. The van der Waals surface area contributed by atoms with Crippen LogP contribution in [0.2, 0.25) is 0 Å². The van der Waals surface area contributed by atoms with Crippen LogP contribution in [0.1, 0.15) is 16.2 Å². The van der Waals surface area contributed by atoms with Crippen molar-refractivity contribution in [2.75, 3.05) is 0 Å². The van der Waals surface area contributed by atoms with Crippen molar-refractivity contribution in [2.45, 2.75) is 6.42 Å². The van der Waals surface area contributed by atoms with Gasteiger partial charge in [0.1, 0.15) is 18.0 Å². The molecule has 0 radical (unpaired) electrons. The standard InChI is InChI=1S/C10H7F2N3O/c11-6-1-2-7(8(12)3-6)9(16)4-10-13-5-14-15-10/h1-3,5H,4H2,(H,13,14,15). The summed E-state index contributed by atoms with van der Waals surface area (Å²) in [5.41, 5.74) is -0.161. The molecule has 0 unspecified atom stereocenters. The van der Waals surface area contributed by atoms with Gasteiger partial charge >= 0.3 is 0 Å². The van der Waals surface area contributed by atoms with E-state index in [0.29, 0.717) is 6.07 Å². The summed E-state index contributed by atoms with van der Waals surface area (Å²) in [5, 5.41) is 6.12. The van der Waals surface area contributed by atoms with Crippen LogP contribution >= 0.6 is 0 Å². The van der Waals surface area contributed by atoms with E-state index < -0.39 is 17.4 Å². The highest BCUT2D eigenvalue weighted by atomic mass is 19.1. The molecule has 2 aromatic rings. The van der Waals surface area contributed by atoms with Gasteiger partial charge < -0.3 is 0 Å². The van der Waals surface area contributed by atoms with Crippen LogP contribution in [0.5, 0.6) is 0 Å². The molecule has 0 aliphatic rings. The summed E-state index contributed by atoms with van der Waals surface area (Å²) >= 11 is 0. The molecule has 16 heavy (non-hydrogen) atoms. The minimum atomic E-state index is -0.875. The van der Waals surface area contributed by atoms with Crippen LogP contribution in [0.15, 0.2) is 24.5 Å². The van der Waals surface area contributed by atoms with Crippen LogP contribution in [0, 0.1) is 11.6 Å². The van der Waals surface area contributed by atoms with Crippen LogP contribution in [0.3, 0.4) is 0 Å². The molecule has 6 heteroatoms. The molecule has 0 saturated carbocycles. The third-order valence-corrected chi connectivity index (χ3v) is 2.02. The third kappa shape index (κ3) is 2.10. The maximum absolute atomic E-state index is 13.2. The van der Waals surface area contributed by atoms with Gasteiger partial charge in [0, 0.05) is 6.07 Å². The Labute approximate surface area is 89.3 Å². The number of Topliss-reactive ketones (excluding diaryl/α,β-unsaturated/α-hetero) is 1. The zero-order valence-electron chi connectivity index (χ0n) is 8.08. The van der Waals surface area contributed by atoms with Gasteiger partial charge in [0.25, 0.3) is 0 Å². The van der Waals surface area contributed by atoms with E-state index in [1.807, 2.05) is 0 Å². The van der Waals surface area contributed by atoms with Gasteiger partial charge in [-0.2, -0.15) is 5.10 Å². The molecule has 1 N–H and O–H groups in total. The van der Waals surface area contributed by atoms with Gasteiger partial charge in [0.05, 0.1) is 12.0 Å². The first-order valence-electron chi connectivity index (χ1n) is 4.49. The molecule has 0 amide bonds. The monoisotopic (exact) mass is 223 g/mol. The minimum absolute atomic E-state index is 0.119. The van der Waals surface area contributed by atoms with Crippen molar-refractivity contribution >= 4 is 5.78 Å². The van der Waals surface area contributed by atoms with E-state index >= 15 is 0 Å². The number of aromatic nitrogens is 3. The lowest BCUT2D eigenvalue weighted by Gasteiger charge is -2.00. The van der Waals surface area contributed by atoms with Crippen molar-refractivity contribution in [1.29, 1.82) is 0 Å². The number of benzene rings is 1. The molecule has 0 bridgehead atoms. The second kappa shape index (κ2) is 4.18. The van der Waals surface area contributed by atoms with Crippen molar-refractivity contribution in [3.8, 4) is 0 Å².